The molecule has 0 spiro atoms. The van der Waals surface area contributed by atoms with E-state index in [-0.39, 0.29) is 17.1 Å². The van der Waals surface area contributed by atoms with Crippen LogP contribution < -0.4 is 4.74 Å². The molecule has 0 radical (unpaired) electrons. The summed E-state index contributed by atoms with van der Waals surface area (Å²) in [5.74, 6) is -1.07. The lowest BCUT2D eigenvalue weighted by Gasteiger charge is -2.06. The molecule has 0 aliphatic rings. The first-order chi connectivity index (χ1) is 8.63. The fourth-order valence-electron chi connectivity index (χ4n) is 1.36. The number of halogens is 2. The smallest absolute Gasteiger partial charge is 0.224 e. The van der Waals surface area contributed by atoms with Crippen LogP contribution in [-0.4, -0.2) is 27.8 Å². The Hall–Kier alpha value is -1.89. The first-order valence-electron chi connectivity index (χ1n) is 4.83. The summed E-state index contributed by atoms with van der Waals surface area (Å²) in [6.45, 7) is 0. The van der Waals surface area contributed by atoms with Crippen molar-refractivity contribution in [1.29, 1.82) is 0 Å². The van der Waals surface area contributed by atoms with Crippen LogP contribution in [0.2, 0.25) is 0 Å². The van der Waals surface area contributed by atoms with Gasteiger partial charge in [-0.15, -0.1) is 0 Å². The van der Waals surface area contributed by atoms with Crippen LogP contribution in [-0.2, 0) is 0 Å². The van der Waals surface area contributed by atoms with E-state index >= 15 is 0 Å². The Morgan fingerprint density at radius 1 is 1.39 bits per heavy atom. The van der Waals surface area contributed by atoms with Gasteiger partial charge in [0, 0.05) is 6.20 Å². The Labute approximate surface area is 110 Å². The van der Waals surface area contributed by atoms with Gasteiger partial charge in [0.15, 0.2) is 0 Å². The van der Waals surface area contributed by atoms with Crippen molar-refractivity contribution in [3.8, 4) is 5.88 Å². The Balaban J connectivity index is 2.52. The molecule has 2 aromatic rings. The molecule has 2 aromatic heterocycles. The van der Waals surface area contributed by atoms with E-state index < -0.39 is 11.6 Å². The second-order valence-electron chi connectivity index (χ2n) is 3.26. The number of nitrogens with zero attached hydrogens (tertiary/aromatic N) is 3. The van der Waals surface area contributed by atoms with E-state index in [0.29, 0.717) is 4.47 Å². The number of carbonyl (C=O) groups excluding carboxylic acids is 1. The second-order valence-corrected chi connectivity index (χ2v) is 4.11. The standard InChI is InChI=1S/C11H7BrFN3O2/c1-18-11-7(2-6(13)3-15-11)10(17)9-8(12)4-14-5-16-9/h2-5H,1H3. The number of ether oxygens (including phenoxy) is 1. The lowest BCUT2D eigenvalue weighted by Crippen LogP contribution is -2.09. The molecule has 0 aliphatic heterocycles. The number of carbonyl (C=O) groups is 1. The number of hydrogen-bond acceptors (Lipinski definition) is 5. The molecule has 0 atom stereocenters. The molecule has 0 saturated carbocycles. The average Bonchev–Trinajstić information content (AvgIpc) is 2.38. The van der Waals surface area contributed by atoms with Crippen LogP contribution in [0.3, 0.4) is 0 Å². The molecule has 0 amide bonds. The van der Waals surface area contributed by atoms with Gasteiger partial charge in [-0.3, -0.25) is 4.79 Å². The van der Waals surface area contributed by atoms with E-state index in [4.69, 9.17) is 4.74 Å². The van der Waals surface area contributed by atoms with E-state index in [1.807, 2.05) is 0 Å². The van der Waals surface area contributed by atoms with E-state index in [9.17, 15) is 9.18 Å². The predicted octanol–water partition coefficient (Wildman–Crippen LogP) is 2.01. The molecular weight excluding hydrogens is 305 g/mol. The Morgan fingerprint density at radius 3 is 2.83 bits per heavy atom. The largest absolute Gasteiger partial charge is 0.480 e. The molecule has 0 N–H and O–H groups in total. The van der Waals surface area contributed by atoms with Crippen molar-refractivity contribution in [2.75, 3.05) is 7.11 Å². The van der Waals surface area contributed by atoms with E-state index in [0.717, 1.165) is 12.3 Å². The molecule has 0 saturated heterocycles. The zero-order valence-corrected chi connectivity index (χ0v) is 10.8. The van der Waals surface area contributed by atoms with Gasteiger partial charge < -0.3 is 4.74 Å². The fourth-order valence-corrected chi connectivity index (χ4v) is 1.76. The van der Waals surface area contributed by atoms with Crippen molar-refractivity contribution in [2.24, 2.45) is 0 Å². The maximum absolute atomic E-state index is 13.1. The van der Waals surface area contributed by atoms with Crippen molar-refractivity contribution in [3.63, 3.8) is 0 Å². The van der Waals surface area contributed by atoms with Crippen LogP contribution in [0.25, 0.3) is 0 Å². The van der Waals surface area contributed by atoms with E-state index in [1.54, 1.807) is 0 Å². The topological polar surface area (TPSA) is 65.0 Å². The Morgan fingerprint density at radius 2 is 2.17 bits per heavy atom. The monoisotopic (exact) mass is 311 g/mol. The minimum atomic E-state index is -0.621. The molecule has 0 fully saturated rings. The quantitative estimate of drug-likeness (QED) is 0.811. The number of methoxy groups -OCH3 is 1. The predicted molar refractivity (Wildman–Crippen MR) is 63.9 cm³/mol. The molecule has 0 unspecified atom stereocenters. The van der Waals surface area contributed by atoms with Crippen molar-refractivity contribution in [2.45, 2.75) is 0 Å². The minimum Gasteiger partial charge on any atom is -0.480 e. The van der Waals surface area contributed by atoms with Crippen LogP contribution >= 0.6 is 15.9 Å². The number of pyridine rings is 1. The average molecular weight is 312 g/mol. The molecule has 92 valence electrons. The van der Waals surface area contributed by atoms with Crippen LogP contribution in [0.15, 0.2) is 29.3 Å². The van der Waals surface area contributed by atoms with Crippen LogP contribution in [0.5, 0.6) is 5.88 Å². The minimum absolute atomic E-state index is 0.0110. The van der Waals surface area contributed by atoms with E-state index in [1.165, 1.54) is 19.6 Å². The molecule has 5 nitrogen and oxygen atoms in total. The van der Waals surface area contributed by atoms with Gasteiger partial charge >= 0.3 is 0 Å². The molecule has 18 heavy (non-hydrogen) atoms. The lowest BCUT2D eigenvalue weighted by molar-refractivity contribution is 0.102. The van der Waals surface area contributed by atoms with Crippen molar-refractivity contribution < 1.29 is 13.9 Å². The third kappa shape index (κ3) is 2.35. The van der Waals surface area contributed by atoms with Gasteiger partial charge in [0.2, 0.25) is 11.7 Å². The summed E-state index contributed by atoms with van der Waals surface area (Å²) in [5, 5.41) is 0. The lowest BCUT2D eigenvalue weighted by atomic mass is 10.1. The third-order valence-electron chi connectivity index (χ3n) is 2.14. The summed E-state index contributed by atoms with van der Waals surface area (Å²) in [7, 11) is 1.35. The Bertz CT molecular complexity index is 607. The normalized spacial score (nSPS) is 10.2. The zero-order valence-electron chi connectivity index (χ0n) is 9.22. The van der Waals surface area contributed by atoms with Gasteiger partial charge in [0.05, 0.1) is 23.3 Å². The summed E-state index contributed by atoms with van der Waals surface area (Å²) in [6, 6.07) is 1.06. The van der Waals surface area contributed by atoms with Crippen LogP contribution in [0.4, 0.5) is 4.39 Å². The molecule has 0 bridgehead atoms. The van der Waals surface area contributed by atoms with Gasteiger partial charge in [-0.05, 0) is 22.0 Å². The fraction of sp³-hybridized carbons (Fsp3) is 0.0909. The molecular formula is C11H7BrFN3O2. The van der Waals surface area contributed by atoms with Gasteiger partial charge in [-0.2, -0.15) is 0 Å². The van der Waals surface area contributed by atoms with Gasteiger partial charge in [-0.25, -0.2) is 19.3 Å². The Kier molecular flexibility index (Phi) is 3.61. The molecule has 0 aliphatic carbocycles. The van der Waals surface area contributed by atoms with Gasteiger partial charge in [0.25, 0.3) is 0 Å². The highest BCUT2D eigenvalue weighted by Crippen LogP contribution is 2.22. The number of aromatic nitrogens is 3. The number of ketones is 1. The summed E-state index contributed by atoms with van der Waals surface area (Å²) >= 11 is 3.16. The SMILES string of the molecule is COc1ncc(F)cc1C(=O)c1ncncc1Br. The summed E-state index contributed by atoms with van der Waals surface area (Å²) in [6.07, 6.45) is 3.64. The number of hydrogen-bond donors (Lipinski definition) is 0. The highest BCUT2D eigenvalue weighted by atomic mass is 79.9. The highest BCUT2D eigenvalue weighted by Gasteiger charge is 2.20. The van der Waals surface area contributed by atoms with Crippen LogP contribution in [0, 0.1) is 5.82 Å². The second kappa shape index (κ2) is 5.18. The number of rotatable bonds is 3. The van der Waals surface area contributed by atoms with Gasteiger partial charge in [-0.1, -0.05) is 0 Å². The summed E-state index contributed by atoms with van der Waals surface area (Å²) in [5.41, 5.74) is 0.132. The molecule has 7 heteroatoms. The first kappa shape index (κ1) is 12.6. The zero-order chi connectivity index (χ0) is 13.1. The molecule has 2 heterocycles. The first-order valence-corrected chi connectivity index (χ1v) is 5.62. The maximum Gasteiger partial charge on any atom is 0.224 e. The third-order valence-corrected chi connectivity index (χ3v) is 2.72. The molecule has 2 rings (SSSR count). The summed E-state index contributed by atoms with van der Waals surface area (Å²) < 4.78 is 18.5. The highest BCUT2D eigenvalue weighted by molar-refractivity contribution is 9.10. The van der Waals surface area contributed by atoms with E-state index in [2.05, 4.69) is 30.9 Å². The van der Waals surface area contributed by atoms with Crippen molar-refractivity contribution in [1.82, 2.24) is 15.0 Å². The summed E-state index contributed by atoms with van der Waals surface area (Å²) in [4.78, 5) is 23.5. The maximum atomic E-state index is 13.1. The van der Waals surface area contributed by atoms with Crippen LogP contribution in [0.1, 0.15) is 16.1 Å². The van der Waals surface area contributed by atoms with Crippen molar-refractivity contribution in [3.05, 3.63) is 46.3 Å². The van der Waals surface area contributed by atoms with Gasteiger partial charge in [0.1, 0.15) is 17.8 Å². The van der Waals surface area contributed by atoms with Crippen molar-refractivity contribution >= 4 is 21.7 Å². The molecule has 0 aromatic carbocycles.